The highest BCUT2D eigenvalue weighted by Gasteiger charge is 2.26. The summed E-state index contributed by atoms with van der Waals surface area (Å²) in [7, 11) is 1.64. The van der Waals surface area contributed by atoms with Gasteiger partial charge in [-0.2, -0.15) is 5.10 Å². The van der Waals surface area contributed by atoms with E-state index in [1.807, 2.05) is 24.3 Å². The zero-order chi connectivity index (χ0) is 24.6. The minimum Gasteiger partial charge on any atom is -0.385 e. The first-order valence-electron chi connectivity index (χ1n) is 12.1. The standard InChI is InChI=1S/C26H32ClN5O3/c1-35-15-3-5-25(33)29-12-14-31-13-2-4-21(31)18-32-26(34)22-10-11-28-17-23(22)24(30-32)16-19-6-8-20(27)9-7-19/h6-11,17,21H,2-5,12-16,18H2,1H3,(H,29,33). The SMILES string of the molecule is COCCCC(=O)NCCN1CCCC1Cn1nc(Cc2ccc(Cl)cc2)c2cnccc2c1=O. The van der Waals surface area contributed by atoms with Gasteiger partial charge < -0.3 is 10.1 Å². The molecule has 0 aliphatic carbocycles. The van der Waals surface area contributed by atoms with Crippen molar-refractivity contribution in [2.75, 3.05) is 33.4 Å². The summed E-state index contributed by atoms with van der Waals surface area (Å²) in [5.41, 5.74) is 1.80. The van der Waals surface area contributed by atoms with E-state index in [2.05, 4.69) is 15.2 Å². The Hall–Kier alpha value is -2.81. The molecule has 4 rings (SSSR count). The summed E-state index contributed by atoms with van der Waals surface area (Å²) in [5, 5.41) is 9.88. The average molecular weight is 498 g/mol. The van der Waals surface area contributed by atoms with Gasteiger partial charge in [0.15, 0.2) is 0 Å². The van der Waals surface area contributed by atoms with Crippen molar-refractivity contribution in [3.8, 4) is 0 Å². The Labute approximate surface area is 210 Å². The Morgan fingerprint density at radius 2 is 2.06 bits per heavy atom. The molecular formula is C26H32ClN5O3. The third-order valence-corrected chi connectivity index (χ3v) is 6.73. The molecule has 1 N–H and O–H groups in total. The molecule has 0 saturated carbocycles. The largest absolute Gasteiger partial charge is 0.385 e. The highest BCUT2D eigenvalue weighted by atomic mass is 35.5. The lowest BCUT2D eigenvalue weighted by atomic mass is 10.1. The number of nitrogens with one attached hydrogen (secondary N) is 1. The Bertz CT molecular complexity index is 1200. The quantitative estimate of drug-likeness (QED) is 0.409. The molecule has 35 heavy (non-hydrogen) atoms. The van der Waals surface area contributed by atoms with Crippen molar-refractivity contribution in [2.24, 2.45) is 0 Å². The number of fused-ring (bicyclic) bond motifs is 1. The molecule has 3 aromatic rings. The first-order valence-corrected chi connectivity index (χ1v) is 12.5. The van der Waals surface area contributed by atoms with Crippen molar-refractivity contribution in [1.29, 1.82) is 0 Å². The molecule has 1 saturated heterocycles. The lowest BCUT2D eigenvalue weighted by Gasteiger charge is -2.25. The Kier molecular flexibility index (Phi) is 8.84. The average Bonchev–Trinajstić information content (AvgIpc) is 3.30. The molecule has 8 nitrogen and oxygen atoms in total. The van der Waals surface area contributed by atoms with E-state index in [4.69, 9.17) is 21.4 Å². The molecule has 0 spiro atoms. The maximum Gasteiger partial charge on any atom is 0.274 e. The van der Waals surface area contributed by atoms with Crippen molar-refractivity contribution in [1.82, 2.24) is 25.0 Å². The van der Waals surface area contributed by atoms with Gasteiger partial charge in [-0.3, -0.25) is 19.5 Å². The maximum absolute atomic E-state index is 13.3. The topological polar surface area (TPSA) is 89.3 Å². The van der Waals surface area contributed by atoms with Gasteiger partial charge in [-0.15, -0.1) is 0 Å². The van der Waals surface area contributed by atoms with E-state index in [1.54, 1.807) is 30.3 Å². The van der Waals surface area contributed by atoms with Crippen LogP contribution >= 0.6 is 11.6 Å². The third kappa shape index (κ3) is 6.66. The van der Waals surface area contributed by atoms with Crippen LogP contribution in [0.15, 0.2) is 47.5 Å². The molecule has 1 atom stereocenters. The molecule has 9 heteroatoms. The number of hydrogen-bond donors (Lipinski definition) is 1. The number of hydrogen-bond acceptors (Lipinski definition) is 6. The second-order valence-electron chi connectivity index (χ2n) is 8.94. The number of benzene rings is 1. The maximum atomic E-state index is 13.3. The van der Waals surface area contributed by atoms with Gasteiger partial charge in [-0.05, 0) is 49.6 Å². The molecule has 1 amide bonds. The van der Waals surface area contributed by atoms with Crippen LogP contribution in [0.25, 0.3) is 10.8 Å². The molecule has 0 radical (unpaired) electrons. The van der Waals surface area contributed by atoms with E-state index >= 15 is 0 Å². The van der Waals surface area contributed by atoms with Crippen LogP contribution in [-0.4, -0.2) is 65.0 Å². The van der Waals surface area contributed by atoms with E-state index in [0.717, 1.165) is 49.0 Å². The predicted octanol–water partition coefficient (Wildman–Crippen LogP) is 3.04. The second kappa shape index (κ2) is 12.2. The summed E-state index contributed by atoms with van der Waals surface area (Å²) < 4.78 is 6.61. The molecule has 1 fully saturated rings. The van der Waals surface area contributed by atoms with Gasteiger partial charge in [-0.1, -0.05) is 23.7 Å². The zero-order valence-electron chi connectivity index (χ0n) is 20.1. The third-order valence-electron chi connectivity index (χ3n) is 6.48. The molecule has 1 aromatic carbocycles. The number of pyridine rings is 1. The number of likely N-dealkylation sites (tertiary alicyclic amines) is 1. The monoisotopic (exact) mass is 497 g/mol. The Morgan fingerprint density at radius 3 is 2.86 bits per heavy atom. The summed E-state index contributed by atoms with van der Waals surface area (Å²) in [6, 6.07) is 9.65. The Balaban J connectivity index is 1.47. The Morgan fingerprint density at radius 1 is 1.23 bits per heavy atom. The molecule has 186 valence electrons. The smallest absolute Gasteiger partial charge is 0.274 e. The highest BCUT2D eigenvalue weighted by Crippen LogP contribution is 2.20. The van der Waals surface area contributed by atoms with E-state index < -0.39 is 0 Å². The lowest BCUT2D eigenvalue weighted by Crippen LogP contribution is -2.41. The van der Waals surface area contributed by atoms with Crippen LogP contribution in [0.4, 0.5) is 0 Å². The summed E-state index contributed by atoms with van der Waals surface area (Å²) in [4.78, 5) is 31.8. The van der Waals surface area contributed by atoms with Crippen molar-refractivity contribution >= 4 is 28.3 Å². The molecule has 1 unspecified atom stereocenters. The zero-order valence-corrected chi connectivity index (χ0v) is 20.8. The number of carbonyl (C=O) groups excluding carboxylic acids is 1. The van der Waals surface area contributed by atoms with Crippen molar-refractivity contribution in [2.45, 2.75) is 44.7 Å². The normalized spacial score (nSPS) is 16.1. The van der Waals surface area contributed by atoms with E-state index in [9.17, 15) is 9.59 Å². The second-order valence-corrected chi connectivity index (χ2v) is 9.37. The lowest BCUT2D eigenvalue weighted by molar-refractivity contribution is -0.121. The highest BCUT2D eigenvalue weighted by molar-refractivity contribution is 6.30. The summed E-state index contributed by atoms with van der Waals surface area (Å²) in [6.07, 6.45) is 7.21. The van der Waals surface area contributed by atoms with E-state index in [-0.39, 0.29) is 17.5 Å². The van der Waals surface area contributed by atoms with Gasteiger partial charge in [-0.25, -0.2) is 4.68 Å². The number of amides is 1. The molecule has 2 aromatic heterocycles. The molecule has 1 aliphatic rings. The molecular weight excluding hydrogens is 466 g/mol. The van der Waals surface area contributed by atoms with Crippen LogP contribution in [0, 0.1) is 0 Å². The van der Waals surface area contributed by atoms with E-state index in [1.165, 1.54) is 0 Å². The van der Waals surface area contributed by atoms with Gasteiger partial charge in [0.25, 0.3) is 5.56 Å². The fourth-order valence-corrected chi connectivity index (χ4v) is 4.77. The van der Waals surface area contributed by atoms with Crippen molar-refractivity contribution in [3.05, 3.63) is 69.4 Å². The molecule has 3 heterocycles. The van der Waals surface area contributed by atoms with Crippen LogP contribution in [0.3, 0.4) is 0 Å². The van der Waals surface area contributed by atoms with Crippen LogP contribution in [-0.2, 0) is 22.5 Å². The fourth-order valence-electron chi connectivity index (χ4n) is 4.65. The van der Waals surface area contributed by atoms with Crippen LogP contribution in [0.5, 0.6) is 0 Å². The summed E-state index contributed by atoms with van der Waals surface area (Å²) in [5.74, 6) is 0.0469. The number of ether oxygens (including phenoxy) is 1. The minimum atomic E-state index is -0.0967. The van der Waals surface area contributed by atoms with Gasteiger partial charge in [0.1, 0.15) is 0 Å². The van der Waals surface area contributed by atoms with E-state index in [0.29, 0.717) is 42.9 Å². The predicted molar refractivity (Wildman–Crippen MR) is 137 cm³/mol. The van der Waals surface area contributed by atoms with Gasteiger partial charge in [0, 0.05) is 68.5 Å². The molecule has 0 bridgehead atoms. The first kappa shape index (κ1) is 25.3. The number of aromatic nitrogens is 3. The van der Waals surface area contributed by atoms with Gasteiger partial charge in [0.2, 0.25) is 5.91 Å². The first-order chi connectivity index (χ1) is 17.0. The number of methoxy groups -OCH3 is 1. The van der Waals surface area contributed by atoms with Crippen molar-refractivity contribution in [3.63, 3.8) is 0 Å². The fraction of sp³-hybridized carbons (Fsp3) is 0.462. The summed E-state index contributed by atoms with van der Waals surface area (Å²) in [6.45, 7) is 3.41. The van der Waals surface area contributed by atoms with Crippen LogP contribution in [0.1, 0.15) is 36.9 Å². The van der Waals surface area contributed by atoms with Crippen LogP contribution in [0.2, 0.25) is 5.02 Å². The van der Waals surface area contributed by atoms with Crippen molar-refractivity contribution < 1.29 is 9.53 Å². The summed E-state index contributed by atoms with van der Waals surface area (Å²) >= 11 is 6.04. The van der Waals surface area contributed by atoms with Crippen LogP contribution < -0.4 is 10.9 Å². The number of halogens is 1. The minimum absolute atomic E-state index is 0.0469. The number of rotatable bonds is 11. The number of nitrogens with zero attached hydrogens (tertiary/aromatic N) is 4. The van der Waals surface area contributed by atoms with Gasteiger partial charge in [0.05, 0.1) is 17.6 Å². The van der Waals surface area contributed by atoms with Gasteiger partial charge >= 0.3 is 0 Å². The molecule has 1 aliphatic heterocycles. The number of carbonyl (C=O) groups is 1.